The molecule has 174 valence electrons. The molecule has 2 aliphatic heterocycles. The van der Waals surface area contributed by atoms with Crippen LogP contribution in [0.25, 0.3) is 0 Å². The first kappa shape index (κ1) is 23.2. The summed E-state index contributed by atoms with van der Waals surface area (Å²) in [4.78, 5) is 22.6. The van der Waals surface area contributed by atoms with Gasteiger partial charge in [-0.15, -0.1) is 11.3 Å². The highest BCUT2D eigenvalue weighted by Crippen LogP contribution is 2.32. The topological polar surface area (TPSA) is 57.7 Å². The number of aromatic nitrogens is 1. The summed E-state index contributed by atoms with van der Waals surface area (Å²) < 4.78 is 5.47. The zero-order chi connectivity index (χ0) is 22.3. The van der Waals surface area contributed by atoms with Crippen LogP contribution in [-0.4, -0.2) is 61.7 Å². The molecule has 4 rings (SSSR count). The molecule has 1 aromatic carbocycles. The molecule has 32 heavy (non-hydrogen) atoms. The van der Waals surface area contributed by atoms with Crippen molar-refractivity contribution in [3.8, 4) is 0 Å². The molecule has 1 atom stereocenters. The third-order valence-corrected chi connectivity index (χ3v) is 7.55. The van der Waals surface area contributed by atoms with Crippen LogP contribution >= 0.6 is 11.3 Å². The summed E-state index contributed by atoms with van der Waals surface area (Å²) in [5, 5.41) is 6.12. The number of piperidine rings is 1. The number of morpholine rings is 1. The number of rotatable bonds is 8. The Hall–Kier alpha value is -1.96. The first-order valence-corrected chi connectivity index (χ1v) is 12.9. The van der Waals surface area contributed by atoms with Crippen LogP contribution in [0.4, 0.5) is 11.4 Å². The molecule has 2 saturated heterocycles. The van der Waals surface area contributed by atoms with Gasteiger partial charge in [-0.05, 0) is 50.4 Å². The zero-order valence-corrected chi connectivity index (χ0v) is 20.2. The molecule has 1 amide bonds. The standard InChI is InChI=1S/C25H36N4O2S/c1-3-6-19(2)17-28-11-9-20(10-12-28)25-27-22(18-32-25)24(30)26-21-7-4-5-8-23(21)29-13-15-31-16-14-29/h4-5,7-8,18-20H,3,6,9-17H2,1-2H3,(H,26,30). The molecule has 0 radical (unpaired) electrons. The van der Waals surface area contributed by atoms with Gasteiger partial charge in [-0.2, -0.15) is 0 Å². The number of anilines is 2. The van der Waals surface area contributed by atoms with E-state index in [1.165, 1.54) is 19.4 Å². The van der Waals surface area contributed by atoms with Gasteiger partial charge in [0.2, 0.25) is 0 Å². The van der Waals surface area contributed by atoms with E-state index in [9.17, 15) is 4.79 Å². The molecule has 1 unspecified atom stereocenters. The molecule has 2 aliphatic rings. The number of amides is 1. The lowest BCUT2D eigenvalue weighted by molar-refractivity contribution is 0.102. The van der Waals surface area contributed by atoms with E-state index in [1.54, 1.807) is 11.3 Å². The Morgan fingerprint density at radius 2 is 1.97 bits per heavy atom. The fraction of sp³-hybridized carbons (Fsp3) is 0.600. The van der Waals surface area contributed by atoms with E-state index < -0.39 is 0 Å². The van der Waals surface area contributed by atoms with Gasteiger partial charge in [-0.3, -0.25) is 4.79 Å². The molecule has 6 nitrogen and oxygen atoms in total. The van der Waals surface area contributed by atoms with E-state index in [-0.39, 0.29) is 5.91 Å². The van der Waals surface area contributed by atoms with Gasteiger partial charge in [0.25, 0.3) is 5.91 Å². The number of thiazole rings is 1. The summed E-state index contributed by atoms with van der Waals surface area (Å²) in [5.41, 5.74) is 2.41. The number of benzene rings is 1. The molecule has 2 aromatic rings. The Balaban J connectivity index is 1.34. The van der Waals surface area contributed by atoms with E-state index in [1.807, 2.05) is 23.6 Å². The maximum absolute atomic E-state index is 13.0. The molecule has 3 heterocycles. The number of likely N-dealkylation sites (tertiary alicyclic amines) is 1. The number of hydrogen-bond donors (Lipinski definition) is 1. The Morgan fingerprint density at radius 3 is 2.72 bits per heavy atom. The summed E-state index contributed by atoms with van der Waals surface area (Å²) in [6, 6.07) is 7.99. The lowest BCUT2D eigenvalue weighted by Crippen LogP contribution is -2.36. The van der Waals surface area contributed by atoms with Crippen molar-refractivity contribution in [1.82, 2.24) is 9.88 Å². The number of ether oxygens (including phenoxy) is 1. The monoisotopic (exact) mass is 456 g/mol. The van der Waals surface area contributed by atoms with Gasteiger partial charge in [-0.1, -0.05) is 32.4 Å². The number of para-hydroxylation sites is 2. The summed E-state index contributed by atoms with van der Waals surface area (Å²) in [5.74, 6) is 1.12. The fourth-order valence-corrected chi connectivity index (χ4v) is 5.78. The Kier molecular flexibility index (Phi) is 8.16. The average molecular weight is 457 g/mol. The van der Waals surface area contributed by atoms with Gasteiger partial charge in [0, 0.05) is 30.9 Å². The summed E-state index contributed by atoms with van der Waals surface area (Å²) >= 11 is 1.63. The van der Waals surface area contributed by atoms with Gasteiger partial charge in [-0.25, -0.2) is 4.98 Å². The number of nitrogens with zero attached hydrogens (tertiary/aromatic N) is 3. The Morgan fingerprint density at radius 1 is 1.22 bits per heavy atom. The van der Waals surface area contributed by atoms with Crippen molar-refractivity contribution < 1.29 is 9.53 Å². The highest BCUT2D eigenvalue weighted by molar-refractivity contribution is 7.10. The highest BCUT2D eigenvalue weighted by Gasteiger charge is 2.25. The zero-order valence-electron chi connectivity index (χ0n) is 19.4. The molecule has 1 aromatic heterocycles. The second kappa shape index (κ2) is 11.3. The molecular formula is C25H36N4O2S. The van der Waals surface area contributed by atoms with Crippen LogP contribution in [0, 0.1) is 5.92 Å². The van der Waals surface area contributed by atoms with Crippen LogP contribution in [0.1, 0.15) is 60.9 Å². The van der Waals surface area contributed by atoms with Gasteiger partial charge in [0.1, 0.15) is 5.69 Å². The molecule has 0 spiro atoms. The Bertz CT molecular complexity index is 872. The highest BCUT2D eigenvalue weighted by atomic mass is 32.1. The van der Waals surface area contributed by atoms with Crippen molar-refractivity contribution in [3.63, 3.8) is 0 Å². The number of hydrogen-bond acceptors (Lipinski definition) is 6. The number of nitrogens with one attached hydrogen (secondary N) is 1. The predicted octanol–water partition coefficient (Wildman–Crippen LogP) is 4.85. The van der Waals surface area contributed by atoms with Crippen LogP contribution in [0.3, 0.4) is 0 Å². The maximum atomic E-state index is 13.0. The summed E-state index contributed by atoms with van der Waals surface area (Å²) in [6.07, 6.45) is 4.83. The van der Waals surface area contributed by atoms with E-state index in [0.29, 0.717) is 24.8 Å². The number of carbonyl (C=O) groups is 1. The van der Waals surface area contributed by atoms with E-state index in [0.717, 1.165) is 61.3 Å². The van der Waals surface area contributed by atoms with Crippen molar-refractivity contribution in [2.45, 2.75) is 45.4 Å². The third-order valence-electron chi connectivity index (χ3n) is 6.55. The van der Waals surface area contributed by atoms with Crippen molar-refractivity contribution in [2.24, 2.45) is 5.92 Å². The minimum Gasteiger partial charge on any atom is -0.378 e. The minimum atomic E-state index is -0.126. The van der Waals surface area contributed by atoms with Crippen molar-refractivity contribution >= 4 is 28.6 Å². The molecule has 0 aliphatic carbocycles. The molecule has 0 bridgehead atoms. The molecular weight excluding hydrogens is 420 g/mol. The average Bonchev–Trinajstić information content (AvgIpc) is 3.31. The molecule has 2 fully saturated rings. The second-order valence-electron chi connectivity index (χ2n) is 9.11. The van der Waals surface area contributed by atoms with Crippen LogP contribution in [0.2, 0.25) is 0 Å². The lowest BCUT2D eigenvalue weighted by Gasteiger charge is -2.32. The van der Waals surface area contributed by atoms with Crippen LogP contribution in [0.5, 0.6) is 0 Å². The number of carbonyl (C=O) groups excluding carboxylic acids is 1. The quantitative estimate of drug-likeness (QED) is 0.615. The summed E-state index contributed by atoms with van der Waals surface area (Å²) in [6.45, 7) is 11.2. The lowest BCUT2D eigenvalue weighted by atomic mass is 9.96. The van der Waals surface area contributed by atoms with Crippen LogP contribution in [0.15, 0.2) is 29.6 Å². The normalized spacial score (nSPS) is 19.1. The maximum Gasteiger partial charge on any atom is 0.275 e. The van der Waals surface area contributed by atoms with E-state index >= 15 is 0 Å². The van der Waals surface area contributed by atoms with E-state index in [2.05, 4.69) is 35.0 Å². The van der Waals surface area contributed by atoms with Crippen LogP contribution < -0.4 is 10.2 Å². The second-order valence-corrected chi connectivity index (χ2v) is 10.0. The van der Waals surface area contributed by atoms with Crippen molar-refractivity contribution in [3.05, 3.63) is 40.3 Å². The van der Waals surface area contributed by atoms with Gasteiger partial charge in [0.15, 0.2) is 0 Å². The van der Waals surface area contributed by atoms with E-state index in [4.69, 9.17) is 9.72 Å². The van der Waals surface area contributed by atoms with Gasteiger partial charge < -0.3 is 19.9 Å². The first-order valence-electron chi connectivity index (χ1n) is 12.0. The summed E-state index contributed by atoms with van der Waals surface area (Å²) in [7, 11) is 0. The Labute approximate surface area is 196 Å². The van der Waals surface area contributed by atoms with Crippen molar-refractivity contribution in [1.29, 1.82) is 0 Å². The largest absolute Gasteiger partial charge is 0.378 e. The molecule has 0 saturated carbocycles. The third kappa shape index (κ3) is 5.88. The van der Waals surface area contributed by atoms with Crippen molar-refractivity contribution in [2.75, 3.05) is 56.2 Å². The SMILES string of the molecule is CCCC(C)CN1CCC(c2nc(C(=O)Nc3ccccc3N3CCOCC3)cs2)CC1. The smallest absolute Gasteiger partial charge is 0.275 e. The van der Waals surface area contributed by atoms with Gasteiger partial charge in [0.05, 0.1) is 29.6 Å². The first-order chi connectivity index (χ1) is 15.6. The molecule has 1 N–H and O–H groups in total. The minimum absolute atomic E-state index is 0.126. The van der Waals surface area contributed by atoms with Crippen LogP contribution in [-0.2, 0) is 4.74 Å². The molecule has 7 heteroatoms. The fourth-order valence-electron chi connectivity index (χ4n) is 4.81. The predicted molar refractivity (Wildman–Crippen MR) is 132 cm³/mol. The van der Waals surface area contributed by atoms with Gasteiger partial charge >= 0.3 is 0 Å².